The van der Waals surface area contributed by atoms with E-state index in [-0.39, 0.29) is 37.2 Å². The molecule has 0 spiro atoms. The fraction of sp³-hybridized carbons (Fsp3) is 0.269. The molecule has 0 fully saturated rings. The lowest BCUT2D eigenvalue weighted by Gasteiger charge is -2.19. The smallest absolute Gasteiger partial charge is 0.409 e. The van der Waals surface area contributed by atoms with Gasteiger partial charge in [0, 0.05) is 19.5 Å². The summed E-state index contributed by atoms with van der Waals surface area (Å²) in [7, 11) is -2.16. The van der Waals surface area contributed by atoms with Crippen molar-refractivity contribution in [3.05, 3.63) is 90.0 Å². The zero-order valence-electron chi connectivity index (χ0n) is 18.9. The third kappa shape index (κ3) is 5.47. The number of rotatable bonds is 10. The first kappa shape index (κ1) is 23.9. The Bertz CT molecular complexity index is 1180. The molecule has 0 aliphatic heterocycles. The Morgan fingerprint density at radius 3 is 2.06 bits per heavy atom. The maximum Gasteiger partial charge on any atom is 0.409 e. The van der Waals surface area contributed by atoms with Crippen LogP contribution in [-0.2, 0) is 23.8 Å². The number of carbonyl (C=O) groups excluding carboxylic acids is 1. The molecule has 3 aromatic carbocycles. The van der Waals surface area contributed by atoms with Gasteiger partial charge in [-0.3, -0.25) is 4.18 Å². The van der Waals surface area contributed by atoms with Gasteiger partial charge in [0.2, 0.25) is 0 Å². The highest BCUT2D eigenvalue weighted by atomic mass is 32.2. The summed E-state index contributed by atoms with van der Waals surface area (Å²) in [5.41, 5.74) is 4.68. The largest absolute Gasteiger partial charge is 0.448 e. The van der Waals surface area contributed by atoms with Crippen LogP contribution in [0.4, 0.5) is 4.79 Å². The van der Waals surface area contributed by atoms with Crippen LogP contribution in [0.25, 0.3) is 11.1 Å². The van der Waals surface area contributed by atoms with Gasteiger partial charge in [-0.05, 0) is 34.4 Å². The van der Waals surface area contributed by atoms with Gasteiger partial charge in [-0.25, -0.2) is 4.79 Å². The van der Waals surface area contributed by atoms with Gasteiger partial charge in [-0.15, -0.1) is 0 Å². The summed E-state index contributed by atoms with van der Waals surface area (Å²) in [5.74, 6) is 0.00436. The summed E-state index contributed by atoms with van der Waals surface area (Å²) in [6.07, 6.45) is -0.437. The number of benzene rings is 3. The molecule has 1 aliphatic carbocycles. The van der Waals surface area contributed by atoms with Crippen molar-refractivity contribution in [2.24, 2.45) is 0 Å². The molecule has 34 heavy (non-hydrogen) atoms. The van der Waals surface area contributed by atoms with Gasteiger partial charge < -0.3 is 14.4 Å². The van der Waals surface area contributed by atoms with Crippen LogP contribution in [0.3, 0.4) is 0 Å². The Kier molecular flexibility index (Phi) is 7.62. The van der Waals surface area contributed by atoms with Crippen molar-refractivity contribution in [3.8, 4) is 11.1 Å². The lowest BCUT2D eigenvalue weighted by atomic mass is 9.98. The third-order valence-corrected chi connectivity index (χ3v) is 7.04. The molecule has 0 bridgehead atoms. The van der Waals surface area contributed by atoms with Crippen LogP contribution < -0.4 is 0 Å². The van der Waals surface area contributed by atoms with E-state index in [4.69, 9.17) is 13.7 Å². The van der Waals surface area contributed by atoms with Crippen LogP contribution in [0, 0.1) is 0 Å². The molecule has 0 heterocycles. The van der Waals surface area contributed by atoms with E-state index < -0.39 is 16.2 Å². The van der Waals surface area contributed by atoms with Crippen molar-refractivity contribution in [3.63, 3.8) is 0 Å². The van der Waals surface area contributed by atoms with Crippen molar-refractivity contribution in [2.45, 2.75) is 10.8 Å². The molecule has 4 rings (SSSR count). The average molecular weight is 482 g/mol. The van der Waals surface area contributed by atoms with E-state index in [1.165, 1.54) is 28.2 Å². The van der Waals surface area contributed by atoms with Crippen LogP contribution in [0.5, 0.6) is 0 Å². The number of carbonyl (C=O) groups is 1. The average Bonchev–Trinajstić information content (AvgIpc) is 3.18. The standard InChI is InChI=1S/C26H27NO6S/c1-27(15-16-31-17-18-33-34(29,30)20-9-3-2-4-10-20)26(28)32-19-25-23-13-7-5-11-21(23)22-12-6-8-14-24(22)25/h2-14,25H,15-19H2,1H3. The molecule has 7 nitrogen and oxygen atoms in total. The number of hydrogen-bond acceptors (Lipinski definition) is 6. The fourth-order valence-corrected chi connectivity index (χ4v) is 4.87. The molecule has 0 radical (unpaired) electrons. The van der Waals surface area contributed by atoms with E-state index in [2.05, 4.69) is 24.3 Å². The Labute approximate surface area is 200 Å². The van der Waals surface area contributed by atoms with E-state index in [0.29, 0.717) is 6.54 Å². The molecule has 1 aliphatic rings. The molecule has 0 saturated heterocycles. The summed E-state index contributed by atoms with van der Waals surface area (Å²) in [6.45, 7) is 0.775. The molecule has 3 aromatic rings. The Balaban J connectivity index is 1.19. The zero-order valence-corrected chi connectivity index (χ0v) is 19.7. The number of ether oxygens (including phenoxy) is 2. The molecule has 0 saturated carbocycles. The predicted octanol–water partition coefficient (Wildman–Crippen LogP) is 4.29. The van der Waals surface area contributed by atoms with Crippen LogP contribution in [0.2, 0.25) is 0 Å². The van der Waals surface area contributed by atoms with Crippen LogP contribution in [0.15, 0.2) is 83.8 Å². The second kappa shape index (κ2) is 10.8. The van der Waals surface area contributed by atoms with Crippen LogP contribution in [-0.4, -0.2) is 59.4 Å². The first-order valence-corrected chi connectivity index (χ1v) is 12.5. The number of nitrogens with zero attached hydrogens (tertiary/aromatic N) is 1. The van der Waals surface area contributed by atoms with E-state index in [0.717, 1.165) is 11.1 Å². The minimum atomic E-state index is -3.80. The van der Waals surface area contributed by atoms with Gasteiger partial charge in [-0.2, -0.15) is 8.42 Å². The van der Waals surface area contributed by atoms with E-state index >= 15 is 0 Å². The number of amides is 1. The highest BCUT2D eigenvalue weighted by molar-refractivity contribution is 7.86. The summed E-state index contributed by atoms with van der Waals surface area (Å²) in [6, 6.07) is 24.3. The van der Waals surface area contributed by atoms with Crippen LogP contribution in [0.1, 0.15) is 17.0 Å². The SMILES string of the molecule is CN(CCOCCOS(=O)(=O)c1ccccc1)C(=O)OCC1c2ccccc2-c2ccccc21. The highest BCUT2D eigenvalue weighted by Crippen LogP contribution is 2.44. The zero-order chi connectivity index (χ0) is 24.0. The maximum atomic E-state index is 12.5. The van der Waals surface area contributed by atoms with E-state index in [1.807, 2.05) is 24.3 Å². The summed E-state index contributed by atoms with van der Waals surface area (Å²) in [5, 5.41) is 0. The van der Waals surface area contributed by atoms with Gasteiger partial charge >= 0.3 is 6.09 Å². The molecule has 1 amide bonds. The molecule has 0 aromatic heterocycles. The lowest BCUT2D eigenvalue weighted by molar-refractivity contribution is 0.0714. The second-order valence-electron chi connectivity index (χ2n) is 7.93. The maximum absolute atomic E-state index is 12.5. The van der Waals surface area contributed by atoms with Crippen molar-refractivity contribution in [2.75, 3.05) is 40.0 Å². The fourth-order valence-electron chi connectivity index (χ4n) is 3.96. The van der Waals surface area contributed by atoms with Crippen molar-refractivity contribution < 1.29 is 26.9 Å². The summed E-state index contributed by atoms with van der Waals surface area (Å²) >= 11 is 0. The van der Waals surface area contributed by atoms with Gasteiger partial charge in [0.05, 0.1) is 24.7 Å². The third-order valence-electron chi connectivity index (χ3n) is 5.72. The molecular weight excluding hydrogens is 454 g/mol. The summed E-state index contributed by atoms with van der Waals surface area (Å²) < 4.78 is 40.1. The van der Waals surface area contributed by atoms with Gasteiger partial charge in [0.25, 0.3) is 10.1 Å². The summed E-state index contributed by atoms with van der Waals surface area (Å²) in [4.78, 5) is 14.0. The normalized spacial score (nSPS) is 12.7. The molecular formula is C26H27NO6S. The van der Waals surface area contributed by atoms with Gasteiger partial charge in [0.1, 0.15) is 6.61 Å². The number of hydrogen-bond donors (Lipinski definition) is 0. The molecule has 178 valence electrons. The van der Waals surface area contributed by atoms with Crippen LogP contribution >= 0.6 is 0 Å². The topological polar surface area (TPSA) is 82.1 Å². The Morgan fingerprint density at radius 2 is 1.41 bits per heavy atom. The van der Waals surface area contributed by atoms with Gasteiger partial charge in [-0.1, -0.05) is 66.7 Å². The van der Waals surface area contributed by atoms with E-state index in [1.54, 1.807) is 25.2 Å². The van der Waals surface area contributed by atoms with Crippen molar-refractivity contribution in [1.29, 1.82) is 0 Å². The minimum absolute atomic E-state index is 0.00436. The quantitative estimate of drug-likeness (QED) is 0.317. The predicted molar refractivity (Wildman–Crippen MR) is 128 cm³/mol. The first-order chi connectivity index (χ1) is 16.5. The molecule has 8 heteroatoms. The molecule has 0 unspecified atom stereocenters. The molecule has 0 atom stereocenters. The Morgan fingerprint density at radius 1 is 0.824 bits per heavy atom. The minimum Gasteiger partial charge on any atom is -0.448 e. The first-order valence-electron chi connectivity index (χ1n) is 11.1. The number of fused-ring (bicyclic) bond motifs is 3. The van der Waals surface area contributed by atoms with Crippen molar-refractivity contribution >= 4 is 16.2 Å². The van der Waals surface area contributed by atoms with E-state index in [9.17, 15) is 13.2 Å². The second-order valence-corrected chi connectivity index (χ2v) is 9.54. The molecule has 0 N–H and O–H groups in total. The lowest BCUT2D eigenvalue weighted by Crippen LogP contribution is -2.32. The number of likely N-dealkylation sites (N-methyl/N-ethyl adjacent to an activating group) is 1. The Hall–Kier alpha value is -3.20. The van der Waals surface area contributed by atoms with Crippen molar-refractivity contribution in [1.82, 2.24) is 4.90 Å². The van der Waals surface area contributed by atoms with Gasteiger partial charge in [0.15, 0.2) is 0 Å². The highest BCUT2D eigenvalue weighted by Gasteiger charge is 2.29. The monoisotopic (exact) mass is 481 g/mol.